The molecule has 0 radical (unpaired) electrons. The Morgan fingerprint density at radius 3 is 1.94 bits per heavy atom. The van der Waals surface area contributed by atoms with Crippen LogP contribution >= 0.6 is 15.9 Å². The highest BCUT2D eigenvalue weighted by atomic mass is 79.9. The molecule has 2 aromatic carbocycles. The van der Waals surface area contributed by atoms with Gasteiger partial charge in [0.05, 0.1) is 0 Å². The van der Waals surface area contributed by atoms with E-state index < -0.39 is 0 Å². The van der Waals surface area contributed by atoms with Crippen LogP contribution in [0.25, 0.3) is 12.2 Å². The van der Waals surface area contributed by atoms with Crippen LogP contribution in [0.3, 0.4) is 0 Å². The van der Waals surface area contributed by atoms with Crippen molar-refractivity contribution in [2.24, 2.45) is 0 Å². The maximum absolute atomic E-state index is 9.54. The van der Waals surface area contributed by atoms with Gasteiger partial charge < -0.3 is 10.2 Å². The standard InChI is InChI=1S/C14H11BrO2/c15-14-12(16)8-11(9-13(14)17)7-6-10-4-2-1-3-5-10/h1-9,16-17H/b7-6+. The summed E-state index contributed by atoms with van der Waals surface area (Å²) < 4.78 is 0.314. The lowest BCUT2D eigenvalue weighted by molar-refractivity contribution is 0.444. The molecule has 0 atom stereocenters. The summed E-state index contributed by atoms with van der Waals surface area (Å²) in [6.07, 6.45) is 3.75. The second kappa shape index (κ2) is 5.06. The first-order chi connectivity index (χ1) is 8.16. The molecule has 0 saturated heterocycles. The molecule has 0 heterocycles. The maximum atomic E-state index is 9.54. The van der Waals surface area contributed by atoms with E-state index >= 15 is 0 Å². The van der Waals surface area contributed by atoms with Crippen LogP contribution in [0.5, 0.6) is 11.5 Å². The molecule has 0 aliphatic carbocycles. The molecule has 0 fully saturated rings. The van der Waals surface area contributed by atoms with Crippen molar-refractivity contribution in [1.82, 2.24) is 0 Å². The van der Waals surface area contributed by atoms with Crippen molar-refractivity contribution in [2.75, 3.05) is 0 Å². The number of halogens is 1. The SMILES string of the molecule is Oc1cc(/C=C/c2ccccc2)cc(O)c1Br. The zero-order valence-electron chi connectivity index (χ0n) is 8.97. The van der Waals surface area contributed by atoms with Gasteiger partial charge in [-0.25, -0.2) is 0 Å². The smallest absolute Gasteiger partial charge is 0.134 e. The minimum atomic E-state index is 0.0257. The molecule has 2 aromatic rings. The predicted molar refractivity (Wildman–Crippen MR) is 72.8 cm³/mol. The number of phenols is 2. The van der Waals surface area contributed by atoms with Gasteiger partial charge in [-0.2, -0.15) is 0 Å². The summed E-state index contributed by atoms with van der Waals surface area (Å²) >= 11 is 3.09. The average Bonchev–Trinajstić information content (AvgIpc) is 2.34. The molecule has 2 N–H and O–H groups in total. The van der Waals surface area contributed by atoms with Crippen LogP contribution < -0.4 is 0 Å². The third kappa shape index (κ3) is 2.88. The van der Waals surface area contributed by atoms with Gasteiger partial charge in [0.2, 0.25) is 0 Å². The molecule has 0 amide bonds. The summed E-state index contributed by atoms with van der Waals surface area (Å²) in [5, 5.41) is 19.1. The van der Waals surface area contributed by atoms with Crippen LogP contribution in [0.4, 0.5) is 0 Å². The first-order valence-corrected chi connectivity index (χ1v) is 5.91. The second-order valence-corrected chi connectivity index (χ2v) is 4.41. The summed E-state index contributed by atoms with van der Waals surface area (Å²) in [5.74, 6) is 0.0513. The van der Waals surface area contributed by atoms with Gasteiger partial charge in [0.1, 0.15) is 16.0 Å². The van der Waals surface area contributed by atoms with E-state index in [9.17, 15) is 10.2 Å². The molecule has 0 spiro atoms. The maximum Gasteiger partial charge on any atom is 0.134 e. The van der Waals surface area contributed by atoms with Gasteiger partial charge in [-0.15, -0.1) is 0 Å². The van der Waals surface area contributed by atoms with Crippen LogP contribution in [-0.2, 0) is 0 Å². The minimum Gasteiger partial charge on any atom is -0.507 e. The zero-order chi connectivity index (χ0) is 12.3. The van der Waals surface area contributed by atoms with Crippen molar-refractivity contribution >= 4 is 28.1 Å². The number of rotatable bonds is 2. The fourth-order valence-corrected chi connectivity index (χ4v) is 1.70. The number of phenolic OH excluding ortho intramolecular Hbond substituents is 2. The van der Waals surface area contributed by atoms with Crippen molar-refractivity contribution in [3.8, 4) is 11.5 Å². The summed E-state index contributed by atoms with van der Waals surface area (Å²) in [7, 11) is 0. The van der Waals surface area contributed by atoms with Crippen molar-refractivity contribution in [3.05, 3.63) is 58.1 Å². The first-order valence-electron chi connectivity index (χ1n) is 5.11. The van der Waals surface area contributed by atoms with Gasteiger partial charge in [-0.1, -0.05) is 42.5 Å². The lowest BCUT2D eigenvalue weighted by Crippen LogP contribution is -1.76. The quantitative estimate of drug-likeness (QED) is 0.820. The Hall–Kier alpha value is -1.74. The largest absolute Gasteiger partial charge is 0.507 e. The topological polar surface area (TPSA) is 40.5 Å². The highest BCUT2D eigenvalue weighted by Crippen LogP contribution is 2.34. The Labute approximate surface area is 108 Å². The summed E-state index contributed by atoms with van der Waals surface area (Å²) in [6, 6.07) is 13.0. The molecule has 2 nitrogen and oxygen atoms in total. The molecule has 0 aromatic heterocycles. The molecule has 17 heavy (non-hydrogen) atoms. The Bertz CT molecular complexity index is 524. The van der Waals surface area contributed by atoms with E-state index in [1.807, 2.05) is 42.5 Å². The molecule has 2 rings (SSSR count). The molecule has 3 heteroatoms. The van der Waals surface area contributed by atoms with E-state index in [0.29, 0.717) is 4.47 Å². The highest BCUT2D eigenvalue weighted by molar-refractivity contribution is 9.10. The third-order valence-corrected chi connectivity index (χ3v) is 3.14. The molecule has 86 valence electrons. The van der Waals surface area contributed by atoms with Gasteiger partial charge >= 0.3 is 0 Å². The van der Waals surface area contributed by atoms with Crippen LogP contribution in [0.1, 0.15) is 11.1 Å². The first kappa shape index (κ1) is 11.7. The molecular weight excluding hydrogens is 280 g/mol. The van der Waals surface area contributed by atoms with E-state index in [4.69, 9.17) is 0 Å². The monoisotopic (exact) mass is 290 g/mol. The normalized spacial score (nSPS) is 10.9. The van der Waals surface area contributed by atoms with E-state index in [0.717, 1.165) is 11.1 Å². The molecule has 0 aliphatic heterocycles. The lowest BCUT2D eigenvalue weighted by Gasteiger charge is -2.02. The molecule has 0 unspecified atom stereocenters. The zero-order valence-corrected chi connectivity index (χ0v) is 10.6. The fourth-order valence-electron chi connectivity index (χ4n) is 1.47. The molecule has 0 aliphatic rings. The van der Waals surface area contributed by atoms with Crippen molar-refractivity contribution < 1.29 is 10.2 Å². The number of hydrogen-bond acceptors (Lipinski definition) is 2. The van der Waals surface area contributed by atoms with E-state index in [1.54, 1.807) is 12.1 Å². The number of hydrogen-bond donors (Lipinski definition) is 2. The van der Waals surface area contributed by atoms with Gasteiger partial charge in [-0.05, 0) is 39.2 Å². The number of aromatic hydroxyl groups is 2. The van der Waals surface area contributed by atoms with Gasteiger partial charge in [0.25, 0.3) is 0 Å². The van der Waals surface area contributed by atoms with Gasteiger partial charge in [0.15, 0.2) is 0 Å². The minimum absolute atomic E-state index is 0.0257. The van der Waals surface area contributed by atoms with E-state index in [-0.39, 0.29) is 11.5 Å². The fraction of sp³-hybridized carbons (Fsp3) is 0. The molecule has 0 bridgehead atoms. The average molecular weight is 291 g/mol. The van der Waals surface area contributed by atoms with Crippen molar-refractivity contribution in [3.63, 3.8) is 0 Å². The van der Waals surface area contributed by atoms with Crippen LogP contribution in [0.15, 0.2) is 46.9 Å². The van der Waals surface area contributed by atoms with Crippen molar-refractivity contribution in [2.45, 2.75) is 0 Å². The van der Waals surface area contributed by atoms with Crippen LogP contribution in [0, 0.1) is 0 Å². The van der Waals surface area contributed by atoms with Gasteiger partial charge in [0, 0.05) is 0 Å². The summed E-state index contributed by atoms with van der Waals surface area (Å²) in [4.78, 5) is 0. The summed E-state index contributed by atoms with van der Waals surface area (Å²) in [5.41, 5.74) is 1.81. The summed E-state index contributed by atoms with van der Waals surface area (Å²) in [6.45, 7) is 0. The van der Waals surface area contributed by atoms with Crippen LogP contribution in [-0.4, -0.2) is 10.2 Å². The Balaban J connectivity index is 2.28. The van der Waals surface area contributed by atoms with Crippen molar-refractivity contribution in [1.29, 1.82) is 0 Å². The van der Waals surface area contributed by atoms with Gasteiger partial charge in [-0.3, -0.25) is 0 Å². The van der Waals surface area contributed by atoms with Crippen LogP contribution in [0.2, 0.25) is 0 Å². The second-order valence-electron chi connectivity index (χ2n) is 3.62. The highest BCUT2D eigenvalue weighted by Gasteiger charge is 2.04. The third-order valence-electron chi connectivity index (χ3n) is 2.32. The van der Waals surface area contributed by atoms with E-state index in [1.165, 1.54) is 0 Å². The predicted octanol–water partition coefficient (Wildman–Crippen LogP) is 4.03. The van der Waals surface area contributed by atoms with E-state index in [2.05, 4.69) is 15.9 Å². The Morgan fingerprint density at radius 2 is 1.35 bits per heavy atom. The lowest BCUT2D eigenvalue weighted by atomic mass is 10.1. The number of benzene rings is 2. The Kier molecular flexibility index (Phi) is 3.49. The molecule has 0 saturated carbocycles. The Morgan fingerprint density at radius 1 is 0.824 bits per heavy atom. The molecular formula is C14H11BrO2.